The first kappa shape index (κ1) is 60.2. The molecule has 0 aliphatic carbocycles. The summed E-state index contributed by atoms with van der Waals surface area (Å²) in [5.41, 5.74) is 18.3. The Kier molecular flexibility index (Phi) is 23.9. The maximum Gasteiger partial charge on any atom is 0.324 e. The second-order valence-corrected chi connectivity index (χ2v) is 18.3. The maximum atomic E-state index is 14.8. The van der Waals surface area contributed by atoms with Crippen molar-refractivity contribution in [1.29, 1.82) is 10.8 Å². The second kappa shape index (κ2) is 30.1. The highest BCUT2D eigenvalue weighted by Gasteiger charge is 2.37. The van der Waals surface area contributed by atoms with Gasteiger partial charge in [-0.1, -0.05) is 37.3 Å². The van der Waals surface area contributed by atoms with E-state index in [0.29, 0.717) is 16.0 Å². The van der Waals surface area contributed by atoms with Crippen LogP contribution < -0.4 is 65.1 Å². The molecule has 3 aromatic rings. The van der Waals surface area contributed by atoms with Gasteiger partial charge >= 0.3 is 6.03 Å². The zero-order chi connectivity index (χ0) is 55.9. The number of nitrogens with zero attached hydrogens (tertiary/aromatic N) is 1. The summed E-state index contributed by atoms with van der Waals surface area (Å²) in [4.78, 5) is 129. The SMILES string of the molecule is CC[C@@H](O)CN1C(=O)N[C@H](Cc2ccc(F)cc2)C(=O)N[C@@H](CCCNC(=N)N)C(=O)N[C@@H](Cc2c[nH]c3ccccc23)C(=O)N[C@H](C(N)=O)CCCNC(=O)CC[C@H](NC(=O)[C@H](CCCNC(=N)N)NC(C)=O)C1=O. The summed E-state index contributed by atoms with van der Waals surface area (Å²) < 4.78 is 14.2. The number of aliphatic hydroxyl groups is 1. The molecular formula is C49H71FN16O10. The molecule has 1 aliphatic rings. The van der Waals surface area contributed by atoms with Gasteiger partial charge in [0.25, 0.3) is 5.91 Å². The van der Waals surface area contributed by atoms with Crippen LogP contribution in [0.4, 0.5) is 9.18 Å². The number of aromatic amines is 1. The number of hydrogen-bond acceptors (Lipinski definition) is 12. The van der Waals surface area contributed by atoms with Gasteiger partial charge in [0.1, 0.15) is 42.1 Å². The van der Waals surface area contributed by atoms with Gasteiger partial charge in [0.05, 0.1) is 12.6 Å². The number of β-amino-alcohol motifs (C(OH)–C–C–N with tert-alkyl or cyclic N) is 1. The molecule has 0 saturated carbocycles. The largest absolute Gasteiger partial charge is 0.391 e. The van der Waals surface area contributed by atoms with Crippen molar-refractivity contribution in [2.24, 2.45) is 17.2 Å². The fraction of sp³-hybridized carbons (Fsp3) is 0.490. The molecule has 26 nitrogen and oxygen atoms in total. The summed E-state index contributed by atoms with van der Waals surface area (Å²) in [7, 11) is 0. The van der Waals surface area contributed by atoms with Crippen molar-refractivity contribution in [2.45, 2.75) is 127 Å². The Morgan fingerprint density at radius 3 is 2.12 bits per heavy atom. The lowest BCUT2D eigenvalue weighted by molar-refractivity contribution is -0.136. The van der Waals surface area contributed by atoms with Crippen molar-refractivity contribution in [2.75, 3.05) is 26.2 Å². The molecule has 414 valence electrons. The molecule has 0 radical (unpaired) electrons. The summed E-state index contributed by atoms with van der Waals surface area (Å²) in [6.07, 6.45) is -0.926. The van der Waals surface area contributed by atoms with Crippen LogP contribution in [0.2, 0.25) is 0 Å². The van der Waals surface area contributed by atoms with E-state index in [0.717, 1.165) is 30.0 Å². The van der Waals surface area contributed by atoms with Gasteiger partial charge in [-0.2, -0.15) is 0 Å². The third-order valence-electron chi connectivity index (χ3n) is 12.3. The van der Waals surface area contributed by atoms with E-state index in [1.54, 1.807) is 31.3 Å². The minimum absolute atomic E-state index is 0.0140. The van der Waals surface area contributed by atoms with Gasteiger partial charge in [0, 0.05) is 62.9 Å². The number of carbonyl (C=O) groups is 9. The number of H-pyrrole nitrogens is 1. The lowest BCUT2D eigenvalue weighted by Crippen LogP contribution is -2.61. The number of rotatable bonds is 19. The van der Waals surface area contributed by atoms with Gasteiger partial charge in [-0.05, 0) is 80.7 Å². The summed E-state index contributed by atoms with van der Waals surface area (Å²) in [6, 6.07) is 2.03. The number of nitrogens with two attached hydrogens (primary N) is 3. The Balaban J connectivity index is 1.82. The van der Waals surface area contributed by atoms with Crippen LogP contribution >= 0.6 is 0 Å². The molecule has 76 heavy (non-hydrogen) atoms. The molecule has 0 unspecified atom stereocenters. The monoisotopic (exact) mass is 1060 g/mol. The molecule has 7 atom stereocenters. The topological polar surface area (TPSA) is 427 Å². The first-order valence-corrected chi connectivity index (χ1v) is 24.9. The molecule has 1 aliphatic heterocycles. The molecule has 1 aromatic heterocycles. The van der Waals surface area contributed by atoms with Crippen LogP contribution in [0.3, 0.4) is 0 Å². The average Bonchev–Trinajstić information content (AvgIpc) is 3.78. The number of primary amides is 1. The van der Waals surface area contributed by atoms with Crippen LogP contribution in [-0.4, -0.2) is 149 Å². The van der Waals surface area contributed by atoms with Crippen LogP contribution in [0, 0.1) is 16.6 Å². The molecule has 0 spiro atoms. The zero-order valence-electron chi connectivity index (χ0n) is 42.5. The molecular weight excluding hydrogens is 992 g/mol. The van der Waals surface area contributed by atoms with Crippen LogP contribution in [0.1, 0.15) is 82.8 Å². The first-order chi connectivity index (χ1) is 36.1. The van der Waals surface area contributed by atoms with Crippen LogP contribution in [-0.2, 0) is 51.2 Å². The van der Waals surface area contributed by atoms with Crippen molar-refractivity contribution in [3.63, 3.8) is 0 Å². The molecule has 19 N–H and O–H groups in total. The number of benzene rings is 2. The number of para-hydroxylation sites is 1. The molecule has 1 saturated heterocycles. The smallest absolute Gasteiger partial charge is 0.324 e. The van der Waals surface area contributed by atoms with Crippen LogP contribution in [0.25, 0.3) is 10.9 Å². The van der Waals surface area contributed by atoms with E-state index in [-0.39, 0.29) is 89.3 Å². The quantitative estimate of drug-likeness (QED) is 0.0348. The number of urea groups is 1. The molecule has 2 aromatic carbocycles. The van der Waals surface area contributed by atoms with Crippen molar-refractivity contribution >= 4 is 76.1 Å². The number of halogens is 1. The number of aliphatic hydroxyl groups excluding tert-OH is 1. The van der Waals surface area contributed by atoms with E-state index in [9.17, 15) is 52.6 Å². The van der Waals surface area contributed by atoms with Crippen LogP contribution in [0.15, 0.2) is 54.7 Å². The van der Waals surface area contributed by atoms with Gasteiger partial charge in [-0.3, -0.25) is 54.1 Å². The Labute approximate surface area is 438 Å². The molecule has 4 rings (SSSR count). The van der Waals surface area contributed by atoms with Crippen molar-refractivity contribution in [3.8, 4) is 0 Å². The van der Waals surface area contributed by atoms with E-state index in [2.05, 4.69) is 52.8 Å². The summed E-state index contributed by atoms with van der Waals surface area (Å²) in [5.74, 6) is -8.25. The average molecular weight is 1060 g/mol. The predicted molar refractivity (Wildman–Crippen MR) is 277 cm³/mol. The molecule has 0 bridgehead atoms. The Morgan fingerprint density at radius 1 is 0.829 bits per heavy atom. The first-order valence-electron chi connectivity index (χ1n) is 24.9. The Hall–Kier alpha value is -8.36. The number of nitrogens with one attached hydrogen (secondary N) is 12. The zero-order valence-corrected chi connectivity index (χ0v) is 42.5. The molecule has 10 amide bonds. The van der Waals surface area contributed by atoms with Gasteiger partial charge in [-0.15, -0.1) is 0 Å². The number of hydrogen-bond donors (Lipinski definition) is 16. The number of carbonyl (C=O) groups excluding carboxylic acids is 9. The van der Waals surface area contributed by atoms with Gasteiger partial charge in [0.2, 0.25) is 41.4 Å². The fourth-order valence-corrected chi connectivity index (χ4v) is 8.19. The van der Waals surface area contributed by atoms with Crippen molar-refractivity contribution in [1.82, 2.24) is 57.7 Å². The van der Waals surface area contributed by atoms with Gasteiger partial charge < -0.3 is 75.1 Å². The van der Waals surface area contributed by atoms with Crippen LogP contribution in [0.5, 0.6) is 0 Å². The Bertz CT molecular complexity index is 2540. The van der Waals surface area contributed by atoms with E-state index in [1.807, 2.05) is 6.07 Å². The lowest BCUT2D eigenvalue weighted by Gasteiger charge is -2.31. The Morgan fingerprint density at radius 2 is 1.46 bits per heavy atom. The van der Waals surface area contributed by atoms with E-state index < -0.39 is 121 Å². The highest BCUT2D eigenvalue weighted by atomic mass is 19.1. The summed E-state index contributed by atoms with van der Waals surface area (Å²) >= 11 is 0. The summed E-state index contributed by atoms with van der Waals surface area (Å²) in [5, 5.41) is 50.1. The minimum atomic E-state index is -1.69. The number of imide groups is 1. The highest BCUT2D eigenvalue weighted by Crippen LogP contribution is 2.20. The van der Waals surface area contributed by atoms with Gasteiger partial charge in [0.15, 0.2) is 11.9 Å². The van der Waals surface area contributed by atoms with E-state index in [4.69, 9.17) is 28.0 Å². The van der Waals surface area contributed by atoms with Crippen molar-refractivity contribution in [3.05, 3.63) is 71.7 Å². The maximum absolute atomic E-state index is 14.8. The fourth-order valence-electron chi connectivity index (χ4n) is 8.19. The van der Waals surface area contributed by atoms with Crippen molar-refractivity contribution < 1.29 is 52.6 Å². The van der Waals surface area contributed by atoms with Gasteiger partial charge in [-0.25, -0.2) is 9.18 Å². The number of aromatic nitrogens is 1. The third kappa shape index (κ3) is 19.8. The summed E-state index contributed by atoms with van der Waals surface area (Å²) in [6.45, 7) is 2.16. The second-order valence-electron chi connectivity index (χ2n) is 18.3. The molecule has 27 heteroatoms. The molecule has 1 fully saturated rings. The minimum Gasteiger partial charge on any atom is -0.391 e. The predicted octanol–water partition coefficient (Wildman–Crippen LogP) is -2.08. The molecule has 2 heterocycles. The van der Waals surface area contributed by atoms with E-state index >= 15 is 0 Å². The standard InChI is InChI=1S/C49H71FN16O10/c1-3-31(68)26-66-46(75)37(63-42(71)35(60-27(2)67)12-7-21-57-47(52)53)18-19-40(69)56-20-6-11-34(41(51)70)61-45(74)39(24-29-25-59-33-10-5-4-9-32(29)33)64-43(72)36(13-8-22-58-48(54)55)62-44(73)38(65-49(66)76)23-28-14-16-30(50)17-15-28/h4-5,9-10,14-17,25,31,34-39,59,68H,3,6-8,11-13,18-24,26H2,1-2H3,(H2,51,70)(H,56,69)(H,60,67)(H,61,74)(H,62,73)(H,63,71)(H,64,72)(H,65,76)(H4,52,53,57)(H4,54,55,58)/t31-,34+,35+,36+,37+,38-,39+/m1/s1. The highest BCUT2D eigenvalue weighted by molar-refractivity contribution is 6.02. The lowest BCUT2D eigenvalue weighted by atomic mass is 10.0. The third-order valence-corrected chi connectivity index (χ3v) is 12.3. The normalized spacial score (nSPS) is 20.4. The number of amides is 10. The number of fused-ring (bicyclic) bond motifs is 1. The number of guanidine groups is 2. The van der Waals surface area contributed by atoms with E-state index in [1.165, 1.54) is 12.1 Å².